The zero-order valence-electron chi connectivity index (χ0n) is 8.74. The first-order valence-corrected chi connectivity index (χ1v) is 7.28. The molecule has 0 bridgehead atoms. The Hall–Kier alpha value is -1.26. The SMILES string of the molecule is Nc1nnc(N2CC(CS(N)(=O)=O)CC2=O)s1. The van der Waals surface area contributed by atoms with Crippen molar-refractivity contribution in [3.8, 4) is 0 Å². The first-order valence-electron chi connectivity index (χ1n) is 4.75. The molecule has 0 saturated carbocycles. The lowest BCUT2D eigenvalue weighted by atomic mass is 10.1. The van der Waals surface area contributed by atoms with Crippen molar-refractivity contribution in [2.24, 2.45) is 11.1 Å². The second-order valence-corrected chi connectivity index (χ2v) is 6.47. The Morgan fingerprint density at radius 3 is 2.71 bits per heavy atom. The second kappa shape index (κ2) is 4.20. The highest BCUT2D eigenvalue weighted by Gasteiger charge is 2.34. The number of nitrogens with zero attached hydrogens (tertiary/aromatic N) is 3. The summed E-state index contributed by atoms with van der Waals surface area (Å²) in [4.78, 5) is 13.1. The zero-order valence-corrected chi connectivity index (χ0v) is 10.4. The number of rotatable bonds is 3. The van der Waals surface area contributed by atoms with Gasteiger partial charge in [-0.15, -0.1) is 10.2 Å². The Morgan fingerprint density at radius 1 is 1.47 bits per heavy atom. The fourth-order valence-electron chi connectivity index (χ4n) is 1.74. The fraction of sp³-hybridized carbons (Fsp3) is 0.571. The monoisotopic (exact) mass is 277 g/mol. The highest BCUT2D eigenvalue weighted by Crippen LogP contribution is 2.28. The molecular weight excluding hydrogens is 266 g/mol. The van der Waals surface area contributed by atoms with Crippen molar-refractivity contribution < 1.29 is 13.2 Å². The minimum atomic E-state index is -3.57. The highest BCUT2D eigenvalue weighted by atomic mass is 32.2. The number of nitrogen functional groups attached to an aromatic ring is 1. The fourth-order valence-corrected chi connectivity index (χ4v) is 3.26. The number of aromatic nitrogens is 2. The number of hydrogen-bond acceptors (Lipinski definition) is 7. The van der Waals surface area contributed by atoms with Crippen molar-refractivity contribution in [3.63, 3.8) is 0 Å². The van der Waals surface area contributed by atoms with Gasteiger partial charge in [-0.3, -0.25) is 9.69 Å². The average Bonchev–Trinajstić information content (AvgIpc) is 2.70. The van der Waals surface area contributed by atoms with Gasteiger partial charge in [0.1, 0.15) is 0 Å². The van der Waals surface area contributed by atoms with Crippen molar-refractivity contribution in [3.05, 3.63) is 0 Å². The number of amides is 1. The minimum Gasteiger partial charge on any atom is -0.374 e. The average molecular weight is 277 g/mol. The molecule has 1 amide bonds. The molecule has 1 aromatic rings. The maximum Gasteiger partial charge on any atom is 0.229 e. The van der Waals surface area contributed by atoms with Crippen LogP contribution in [0.4, 0.5) is 10.3 Å². The van der Waals surface area contributed by atoms with Crippen molar-refractivity contribution in [1.29, 1.82) is 0 Å². The van der Waals surface area contributed by atoms with Crippen LogP contribution < -0.4 is 15.8 Å². The molecule has 0 radical (unpaired) electrons. The molecule has 8 nitrogen and oxygen atoms in total. The van der Waals surface area contributed by atoms with E-state index in [1.807, 2.05) is 0 Å². The summed E-state index contributed by atoms with van der Waals surface area (Å²) in [5.41, 5.74) is 5.42. The molecule has 1 aromatic heterocycles. The minimum absolute atomic E-state index is 0.149. The molecule has 4 N–H and O–H groups in total. The van der Waals surface area contributed by atoms with E-state index in [0.717, 1.165) is 11.3 Å². The number of carbonyl (C=O) groups excluding carboxylic acids is 1. The molecule has 0 spiro atoms. The molecule has 0 aromatic carbocycles. The molecule has 1 aliphatic rings. The highest BCUT2D eigenvalue weighted by molar-refractivity contribution is 7.89. The van der Waals surface area contributed by atoms with E-state index >= 15 is 0 Å². The molecule has 1 atom stereocenters. The third-order valence-corrected chi connectivity index (χ3v) is 4.05. The van der Waals surface area contributed by atoms with Gasteiger partial charge in [-0.05, 0) is 0 Å². The number of primary sulfonamides is 1. The zero-order chi connectivity index (χ0) is 12.6. The van der Waals surface area contributed by atoms with Crippen molar-refractivity contribution in [1.82, 2.24) is 10.2 Å². The standard InChI is InChI=1S/C7H11N5O3S2/c8-6-10-11-7(16-6)12-2-4(1-5(12)13)3-17(9,14)15/h4H,1-3H2,(H2,8,10)(H2,9,14,15). The van der Waals surface area contributed by atoms with Crippen LogP contribution in [0.1, 0.15) is 6.42 Å². The van der Waals surface area contributed by atoms with Gasteiger partial charge in [-0.2, -0.15) is 0 Å². The molecule has 94 valence electrons. The van der Waals surface area contributed by atoms with Gasteiger partial charge >= 0.3 is 0 Å². The molecule has 1 saturated heterocycles. The maximum atomic E-state index is 11.7. The van der Waals surface area contributed by atoms with E-state index in [2.05, 4.69) is 10.2 Å². The molecule has 1 unspecified atom stereocenters. The quantitative estimate of drug-likeness (QED) is 0.710. The molecule has 1 fully saturated rings. The molecule has 1 aliphatic heterocycles. The van der Waals surface area contributed by atoms with Gasteiger partial charge in [0.25, 0.3) is 0 Å². The Morgan fingerprint density at radius 2 is 2.18 bits per heavy atom. The van der Waals surface area contributed by atoms with Crippen LogP contribution in [0.2, 0.25) is 0 Å². The topological polar surface area (TPSA) is 132 Å². The number of sulfonamides is 1. The van der Waals surface area contributed by atoms with Gasteiger partial charge in [0.15, 0.2) is 0 Å². The lowest BCUT2D eigenvalue weighted by Gasteiger charge is -2.11. The van der Waals surface area contributed by atoms with Gasteiger partial charge in [0.2, 0.25) is 26.2 Å². The van der Waals surface area contributed by atoms with Gasteiger partial charge in [-0.25, -0.2) is 13.6 Å². The van der Waals surface area contributed by atoms with Crippen LogP contribution in [0.5, 0.6) is 0 Å². The third kappa shape index (κ3) is 2.90. The van der Waals surface area contributed by atoms with Crippen molar-refractivity contribution in [2.75, 3.05) is 22.9 Å². The summed E-state index contributed by atoms with van der Waals surface area (Å²) in [6, 6.07) is 0. The van der Waals surface area contributed by atoms with E-state index in [4.69, 9.17) is 10.9 Å². The summed E-state index contributed by atoms with van der Waals surface area (Å²) in [5, 5.41) is 13.0. The third-order valence-electron chi connectivity index (χ3n) is 2.33. The Bertz CT molecular complexity index is 539. The van der Waals surface area contributed by atoms with Crippen molar-refractivity contribution >= 4 is 37.5 Å². The number of carbonyl (C=O) groups is 1. The number of anilines is 2. The number of hydrogen-bond donors (Lipinski definition) is 2. The summed E-state index contributed by atoms with van der Waals surface area (Å²) in [6.45, 7) is 0.282. The lowest BCUT2D eigenvalue weighted by molar-refractivity contribution is -0.117. The lowest BCUT2D eigenvalue weighted by Crippen LogP contribution is -2.27. The Labute approximate surface area is 102 Å². The largest absolute Gasteiger partial charge is 0.374 e. The van der Waals surface area contributed by atoms with Gasteiger partial charge < -0.3 is 5.73 Å². The van der Waals surface area contributed by atoms with Crippen LogP contribution >= 0.6 is 11.3 Å². The number of nitrogens with two attached hydrogens (primary N) is 2. The van der Waals surface area contributed by atoms with Crippen LogP contribution in [0.3, 0.4) is 0 Å². The summed E-state index contributed by atoms with van der Waals surface area (Å²) >= 11 is 1.09. The van der Waals surface area contributed by atoms with E-state index in [1.165, 1.54) is 4.90 Å². The predicted octanol–water partition coefficient (Wildman–Crippen LogP) is -1.24. The Balaban J connectivity index is 2.10. The summed E-state index contributed by atoms with van der Waals surface area (Å²) < 4.78 is 21.9. The normalized spacial score (nSPS) is 21.1. The summed E-state index contributed by atoms with van der Waals surface area (Å²) in [6.07, 6.45) is 0.149. The van der Waals surface area contributed by atoms with Crippen LogP contribution in [-0.4, -0.2) is 36.8 Å². The molecule has 10 heteroatoms. The molecule has 17 heavy (non-hydrogen) atoms. The van der Waals surface area contributed by atoms with Crippen LogP contribution in [0.15, 0.2) is 0 Å². The first kappa shape index (κ1) is 12.2. The van der Waals surface area contributed by atoms with Crippen LogP contribution in [-0.2, 0) is 14.8 Å². The summed E-state index contributed by atoms with van der Waals surface area (Å²) in [7, 11) is -3.57. The van der Waals surface area contributed by atoms with E-state index in [9.17, 15) is 13.2 Å². The second-order valence-electron chi connectivity index (χ2n) is 3.83. The van der Waals surface area contributed by atoms with Gasteiger partial charge in [0.05, 0.1) is 5.75 Å². The van der Waals surface area contributed by atoms with E-state index in [1.54, 1.807) is 0 Å². The Kier molecular flexibility index (Phi) is 3.02. The van der Waals surface area contributed by atoms with Gasteiger partial charge in [-0.1, -0.05) is 11.3 Å². The first-order chi connectivity index (χ1) is 7.85. The van der Waals surface area contributed by atoms with Gasteiger partial charge in [0, 0.05) is 18.9 Å². The predicted molar refractivity (Wildman–Crippen MR) is 62.8 cm³/mol. The smallest absolute Gasteiger partial charge is 0.229 e. The van der Waals surface area contributed by atoms with E-state index in [-0.39, 0.29) is 35.7 Å². The molecule has 0 aliphatic carbocycles. The van der Waals surface area contributed by atoms with Crippen LogP contribution in [0, 0.1) is 5.92 Å². The van der Waals surface area contributed by atoms with E-state index in [0.29, 0.717) is 5.13 Å². The van der Waals surface area contributed by atoms with Crippen LogP contribution in [0.25, 0.3) is 0 Å². The van der Waals surface area contributed by atoms with Crippen molar-refractivity contribution in [2.45, 2.75) is 6.42 Å². The molecular formula is C7H11N5O3S2. The maximum absolute atomic E-state index is 11.7. The van der Waals surface area contributed by atoms with E-state index < -0.39 is 10.0 Å². The summed E-state index contributed by atoms with van der Waals surface area (Å²) in [5.74, 6) is -0.693. The molecule has 2 rings (SSSR count). The molecule has 2 heterocycles.